The maximum Gasteiger partial charge on any atom is 0.261 e. The molecular formula is C29H31N3O5. The van der Waals surface area contributed by atoms with Crippen molar-refractivity contribution in [2.75, 3.05) is 52.4 Å². The Morgan fingerprint density at radius 1 is 0.865 bits per heavy atom. The molecule has 0 spiro atoms. The van der Waals surface area contributed by atoms with Gasteiger partial charge in [-0.1, -0.05) is 24.3 Å². The molecular weight excluding hydrogens is 470 g/mol. The van der Waals surface area contributed by atoms with E-state index in [-0.39, 0.29) is 24.2 Å². The monoisotopic (exact) mass is 501 g/mol. The van der Waals surface area contributed by atoms with E-state index in [9.17, 15) is 19.5 Å². The summed E-state index contributed by atoms with van der Waals surface area (Å²) < 4.78 is 5.67. The van der Waals surface area contributed by atoms with Crippen LogP contribution in [0.4, 0.5) is 0 Å². The van der Waals surface area contributed by atoms with Gasteiger partial charge in [0.2, 0.25) is 0 Å². The number of aliphatic hydroxyl groups excluding tert-OH is 1. The van der Waals surface area contributed by atoms with Crippen LogP contribution in [0.15, 0.2) is 60.7 Å². The van der Waals surface area contributed by atoms with Crippen LogP contribution in [-0.2, 0) is 0 Å². The van der Waals surface area contributed by atoms with Gasteiger partial charge in [-0.3, -0.25) is 29.1 Å². The molecule has 0 radical (unpaired) electrons. The molecule has 0 aromatic heterocycles. The maximum atomic E-state index is 13.1. The second-order valence-electron chi connectivity index (χ2n) is 9.66. The van der Waals surface area contributed by atoms with E-state index < -0.39 is 6.10 Å². The van der Waals surface area contributed by atoms with E-state index in [2.05, 4.69) is 9.80 Å². The summed E-state index contributed by atoms with van der Waals surface area (Å²) in [5.74, 6) is 0.163. The van der Waals surface area contributed by atoms with Crippen LogP contribution in [0.5, 0.6) is 5.75 Å². The van der Waals surface area contributed by atoms with E-state index in [0.29, 0.717) is 42.1 Å². The highest BCUT2D eigenvalue weighted by Gasteiger charge is 2.33. The molecule has 1 N–H and O–H groups in total. The first kappa shape index (κ1) is 25.1. The molecule has 0 aliphatic carbocycles. The molecule has 1 saturated heterocycles. The molecule has 3 aromatic rings. The lowest BCUT2D eigenvalue weighted by atomic mass is 9.94. The lowest BCUT2D eigenvalue weighted by molar-refractivity contribution is 0.0416. The van der Waals surface area contributed by atoms with Crippen molar-refractivity contribution in [2.24, 2.45) is 0 Å². The quantitative estimate of drug-likeness (QED) is 0.356. The lowest BCUT2D eigenvalue weighted by Gasteiger charge is -2.36. The molecule has 192 valence electrons. The van der Waals surface area contributed by atoms with Crippen LogP contribution in [0.1, 0.15) is 38.0 Å². The van der Waals surface area contributed by atoms with Gasteiger partial charge in [0.05, 0.1) is 0 Å². The van der Waals surface area contributed by atoms with E-state index in [0.717, 1.165) is 37.0 Å². The Morgan fingerprint density at radius 2 is 1.46 bits per heavy atom. The zero-order valence-corrected chi connectivity index (χ0v) is 20.9. The largest absolute Gasteiger partial charge is 0.491 e. The zero-order valence-electron chi connectivity index (χ0n) is 20.9. The molecule has 8 nitrogen and oxygen atoms in total. The van der Waals surface area contributed by atoms with Crippen LogP contribution in [0.2, 0.25) is 0 Å². The van der Waals surface area contributed by atoms with Crippen LogP contribution < -0.4 is 4.74 Å². The molecule has 0 bridgehead atoms. The van der Waals surface area contributed by atoms with Gasteiger partial charge in [0.15, 0.2) is 5.78 Å². The normalized spacial score (nSPS) is 17.3. The van der Waals surface area contributed by atoms with Gasteiger partial charge >= 0.3 is 0 Å². The van der Waals surface area contributed by atoms with Crippen LogP contribution in [0, 0.1) is 0 Å². The van der Waals surface area contributed by atoms with Gasteiger partial charge in [-0.25, -0.2) is 0 Å². The molecule has 8 heteroatoms. The Labute approximate surface area is 216 Å². The molecule has 37 heavy (non-hydrogen) atoms. The number of rotatable bonds is 9. The van der Waals surface area contributed by atoms with Crippen molar-refractivity contribution >= 4 is 28.4 Å². The molecule has 2 aliphatic rings. The van der Waals surface area contributed by atoms with E-state index in [1.54, 1.807) is 36.4 Å². The number of ether oxygens (including phenoxy) is 1. The number of nitrogens with zero attached hydrogens (tertiary/aromatic N) is 3. The highest BCUT2D eigenvalue weighted by molar-refractivity contribution is 6.25. The summed E-state index contributed by atoms with van der Waals surface area (Å²) >= 11 is 0. The summed E-state index contributed by atoms with van der Waals surface area (Å²) in [5, 5.41) is 12.1. The molecule has 0 saturated carbocycles. The number of carbonyl (C=O) groups excluding carboxylic acids is 3. The number of piperazine rings is 1. The van der Waals surface area contributed by atoms with Crippen LogP contribution in [0.3, 0.4) is 0 Å². The highest BCUT2D eigenvalue weighted by atomic mass is 16.5. The molecule has 2 aliphatic heterocycles. The first-order valence-electron chi connectivity index (χ1n) is 12.7. The fraction of sp³-hybridized carbons (Fsp3) is 0.345. The Hall–Kier alpha value is -3.59. The average molecular weight is 502 g/mol. The number of β-amino-alcohol motifs (C(OH)–C–C–N with tert-alkyl or cyclic N) is 1. The van der Waals surface area contributed by atoms with Gasteiger partial charge in [-0.05, 0) is 48.7 Å². The smallest absolute Gasteiger partial charge is 0.261 e. The number of carbonyl (C=O) groups is 3. The predicted molar refractivity (Wildman–Crippen MR) is 140 cm³/mol. The minimum absolute atomic E-state index is 0.00261. The minimum atomic E-state index is -0.634. The Balaban J connectivity index is 1.08. The van der Waals surface area contributed by atoms with Gasteiger partial charge in [0, 0.05) is 67.9 Å². The summed E-state index contributed by atoms with van der Waals surface area (Å²) in [4.78, 5) is 43.4. The zero-order chi connectivity index (χ0) is 25.9. The summed E-state index contributed by atoms with van der Waals surface area (Å²) in [5.41, 5.74) is 1.80. The molecule has 0 unspecified atom stereocenters. The number of aliphatic hydroxyl groups is 1. The van der Waals surface area contributed by atoms with Crippen molar-refractivity contribution in [2.45, 2.75) is 13.0 Å². The van der Waals surface area contributed by atoms with Crippen molar-refractivity contribution < 1.29 is 24.2 Å². The molecule has 1 atom stereocenters. The number of ketones is 1. The van der Waals surface area contributed by atoms with Crippen molar-refractivity contribution in [3.05, 3.63) is 77.4 Å². The Kier molecular flexibility index (Phi) is 7.32. The fourth-order valence-corrected chi connectivity index (χ4v) is 5.05. The second-order valence-corrected chi connectivity index (χ2v) is 9.66. The first-order valence-corrected chi connectivity index (χ1v) is 12.7. The third-order valence-corrected chi connectivity index (χ3v) is 7.13. The van der Waals surface area contributed by atoms with Crippen LogP contribution >= 0.6 is 0 Å². The predicted octanol–water partition coefficient (Wildman–Crippen LogP) is 2.70. The second kappa shape index (κ2) is 10.8. The van der Waals surface area contributed by atoms with Gasteiger partial charge in [-0.2, -0.15) is 0 Å². The van der Waals surface area contributed by atoms with Gasteiger partial charge in [0.25, 0.3) is 11.8 Å². The third kappa shape index (κ3) is 5.41. The first-order chi connectivity index (χ1) is 17.9. The highest BCUT2D eigenvalue weighted by Crippen LogP contribution is 2.29. The number of hydrogen-bond donors (Lipinski definition) is 1. The summed E-state index contributed by atoms with van der Waals surface area (Å²) in [7, 11) is 0. The third-order valence-electron chi connectivity index (χ3n) is 7.13. The number of imide groups is 1. The van der Waals surface area contributed by atoms with Gasteiger partial charge in [0.1, 0.15) is 18.5 Å². The number of hydrogen-bond acceptors (Lipinski definition) is 7. The number of Topliss-reactive ketones (excluding diaryl/α,β-unsaturated/α-hetero) is 1. The van der Waals surface area contributed by atoms with Crippen molar-refractivity contribution in [1.82, 2.24) is 14.7 Å². The Morgan fingerprint density at radius 3 is 2.05 bits per heavy atom. The molecule has 2 heterocycles. The van der Waals surface area contributed by atoms with E-state index in [1.807, 2.05) is 24.3 Å². The van der Waals surface area contributed by atoms with E-state index >= 15 is 0 Å². The van der Waals surface area contributed by atoms with Crippen molar-refractivity contribution in [3.63, 3.8) is 0 Å². The minimum Gasteiger partial charge on any atom is -0.491 e. The Bertz CT molecular complexity index is 1260. The maximum absolute atomic E-state index is 13.1. The van der Waals surface area contributed by atoms with Crippen LogP contribution in [0.25, 0.3) is 10.8 Å². The number of benzene rings is 3. The molecule has 3 aromatic carbocycles. The molecule has 5 rings (SSSR count). The SMILES string of the molecule is CC(=O)c1ccc(OC[C@@H](O)CN2CCN(CCN3C(=O)c4cccc5cccc(c45)C3=O)CC2)cc1. The molecule has 1 fully saturated rings. The van der Waals surface area contributed by atoms with Crippen LogP contribution in [-0.4, -0.2) is 95.9 Å². The standard InChI is InChI=1S/C29H31N3O5/c1-20(33)21-8-10-24(11-9-21)37-19-23(34)18-31-14-12-30(13-15-31)16-17-32-28(35)25-6-2-4-22-5-3-7-26(27(22)25)29(32)36/h2-11,23,34H,12-19H2,1H3/t23-/m0/s1. The summed E-state index contributed by atoms with van der Waals surface area (Å²) in [6.45, 7) is 6.32. The lowest BCUT2D eigenvalue weighted by Crippen LogP contribution is -2.51. The van der Waals surface area contributed by atoms with Gasteiger partial charge in [-0.15, -0.1) is 0 Å². The van der Waals surface area contributed by atoms with Crippen molar-refractivity contribution in [1.29, 1.82) is 0 Å². The van der Waals surface area contributed by atoms with E-state index in [4.69, 9.17) is 4.74 Å². The molecule has 2 amide bonds. The van der Waals surface area contributed by atoms with E-state index in [1.165, 1.54) is 11.8 Å². The van der Waals surface area contributed by atoms with Gasteiger partial charge < -0.3 is 9.84 Å². The topological polar surface area (TPSA) is 90.4 Å². The average Bonchev–Trinajstić information content (AvgIpc) is 2.91. The van der Waals surface area contributed by atoms with Crippen molar-refractivity contribution in [3.8, 4) is 5.75 Å². The summed E-state index contributed by atoms with van der Waals surface area (Å²) in [6.07, 6.45) is -0.634. The summed E-state index contributed by atoms with van der Waals surface area (Å²) in [6, 6.07) is 18.1. The fourth-order valence-electron chi connectivity index (χ4n) is 5.05. The number of amides is 2.